The largest absolute Gasteiger partial charge is 0.322 e. The molecule has 0 aromatic carbocycles. The number of rotatable bonds is 0. The van der Waals surface area contributed by atoms with Crippen LogP contribution in [-0.4, -0.2) is 17.9 Å². The Morgan fingerprint density at radius 1 is 1.80 bits per heavy atom. The van der Waals surface area contributed by atoms with Crippen LogP contribution in [0.4, 0.5) is 0 Å². The average Bonchev–Trinajstić information content (AvgIpc) is 1.38. The van der Waals surface area contributed by atoms with Gasteiger partial charge in [0.25, 0.3) is 0 Å². The quantitative estimate of drug-likeness (QED) is 0.465. The number of nitrogens with zero attached hydrogens (tertiary/aromatic N) is 1. The summed E-state index contributed by atoms with van der Waals surface area (Å²) < 4.78 is 11.7. The molecule has 0 aliphatic heterocycles. The highest BCUT2D eigenvalue weighted by molar-refractivity contribution is 7.80. The Kier molecular flexibility index (Phi) is 2.41. The van der Waals surface area contributed by atoms with Crippen molar-refractivity contribution < 1.29 is 4.55 Å². The molecule has 1 atom stereocenters. The number of hydrogen-bond donors (Lipinski definition) is 1. The maximum absolute atomic E-state index is 8.22. The van der Waals surface area contributed by atoms with Crippen LogP contribution in [0.3, 0.4) is 0 Å². The van der Waals surface area contributed by atoms with Crippen molar-refractivity contribution in [2.45, 2.75) is 0 Å². The lowest BCUT2D eigenvalue weighted by Gasteiger charge is -1.76. The Hall–Kier alpha value is 0.110. The zero-order valence-corrected chi connectivity index (χ0v) is 4.12. The first-order chi connectivity index (χ1) is 2.27. The van der Waals surface area contributed by atoms with E-state index >= 15 is 0 Å². The Morgan fingerprint density at radius 2 is 2.00 bits per heavy atom. The van der Waals surface area contributed by atoms with E-state index in [9.17, 15) is 0 Å². The van der Waals surface area contributed by atoms with Crippen molar-refractivity contribution in [2.24, 2.45) is 4.36 Å². The summed E-state index contributed by atoms with van der Waals surface area (Å²) in [6, 6.07) is 0. The molecule has 0 amide bonds. The van der Waals surface area contributed by atoms with E-state index in [1.165, 1.54) is 0 Å². The summed E-state index contributed by atoms with van der Waals surface area (Å²) in [6.07, 6.45) is 1.64. The first kappa shape index (κ1) is 5.11. The Balaban J connectivity index is 3.14. The Labute approximate surface area is 34.1 Å². The maximum Gasteiger partial charge on any atom is 0.0370 e. The van der Waals surface area contributed by atoms with Gasteiger partial charge in [-0.3, -0.25) is 0 Å². The monoisotopic (exact) mass is 93.0 g/mol. The van der Waals surface area contributed by atoms with E-state index in [-0.39, 0.29) is 0 Å². The highest BCUT2D eigenvalue weighted by Crippen LogP contribution is 1.63. The van der Waals surface area contributed by atoms with Crippen LogP contribution in [0, 0.1) is 0 Å². The van der Waals surface area contributed by atoms with E-state index in [0.717, 1.165) is 0 Å². The van der Waals surface area contributed by atoms with Crippen LogP contribution >= 0.6 is 0 Å². The fraction of sp³-hybridized carbons (Fsp3) is 1.00. The molecule has 0 rings (SSSR count). The zero-order valence-electron chi connectivity index (χ0n) is 3.30. The van der Waals surface area contributed by atoms with Gasteiger partial charge in [-0.1, -0.05) is 0 Å². The zero-order chi connectivity index (χ0) is 4.28. The summed E-state index contributed by atoms with van der Waals surface area (Å²) in [5.74, 6) is 0. The van der Waals surface area contributed by atoms with Crippen molar-refractivity contribution >= 4 is 11.0 Å². The molecule has 2 nitrogen and oxygen atoms in total. The highest BCUT2D eigenvalue weighted by Gasteiger charge is 1.60. The van der Waals surface area contributed by atoms with Crippen LogP contribution in [-0.2, 0) is 11.0 Å². The van der Waals surface area contributed by atoms with E-state index in [2.05, 4.69) is 4.36 Å². The van der Waals surface area contributed by atoms with E-state index < -0.39 is 11.0 Å². The molecule has 0 saturated carbocycles. The minimum Gasteiger partial charge on any atom is -0.322 e. The van der Waals surface area contributed by atoms with Gasteiger partial charge < -0.3 is 4.55 Å². The van der Waals surface area contributed by atoms with Gasteiger partial charge in [-0.25, -0.2) is 4.36 Å². The van der Waals surface area contributed by atoms with E-state index in [4.69, 9.17) is 4.55 Å². The Bertz CT molecular complexity index is 47.6. The van der Waals surface area contributed by atoms with Gasteiger partial charge in [0.05, 0.1) is 0 Å². The highest BCUT2D eigenvalue weighted by atomic mass is 32.2. The van der Waals surface area contributed by atoms with Gasteiger partial charge in [-0.15, -0.1) is 0 Å². The van der Waals surface area contributed by atoms with Crippen LogP contribution in [0.2, 0.25) is 0 Å². The molecule has 32 valence electrons. The maximum atomic E-state index is 8.22. The van der Waals surface area contributed by atoms with Gasteiger partial charge in [0.1, 0.15) is 0 Å². The van der Waals surface area contributed by atoms with E-state index in [0.29, 0.717) is 0 Å². The second-order valence-electron chi connectivity index (χ2n) is 0.629. The molecule has 0 heterocycles. The van der Waals surface area contributed by atoms with Crippen molar-refractivity contribution in [2.75, 3.05) is 13.3 Å². The standard InChI is InChI=1S/C2H7NOS/c1-3-5(2)4/h1-2H3,(H,3,4). The van der Waals surface area contributed by atoms with Gasteiger partial charge in [0.15, 0.2) is 0 Å². The third-order valence-corrected chi connectivity index (χ3v) is 0.793. The smallest absolute Gasteiger partial charge is 0.0370 e. The molecule has 0 bridgehead atoms. The minimum atomic E-state index is -0.698. The molecule has 0 spiro atoms. The molecule has 1 unspecified atom stereocenters. The van der Waals surface area contributed by atoms with Crippen molar-refractivity contribution in [3.8, 4) is 0 Å². The summed E-state index contributed by atoms with van der Waals surface area (Å²) >= 11 is 0. The fourth-order valence-electron chi connectivity index (χ4n) is 0. The fourth-order valence-corrected chi connectivity index (χ4v) is 0. The second kappa shape index (κ2) is 2.35. The van der Waals surface area contributed by atoms with Crippen molar-refractivity contribution in [1.29, 1.82) is 0 Å². The van der Waals surface area contributed by atoms with Crippen LogP contribution in [0.1, 0.15) is 0 Å². The molecule has 5 heavy (non-hydrogen) atoms. The second-order valence-corrected chi connectivity index (χ2v) is 1.89. The summed E-state index contributed by atoms with van der Waals surface area (Å²) in [6.45, 7) is 0. The first-order valence-corrected chi connectivity index (χ1v) is 2.77. The number of hydrogen-bond acceptors (Lipinski definition) is 1. The molecule has 0 saturated heterocycles. The lowest BCUT2D eigenvalue weighted by Crippen LogP contribution is -1.74. The molecule has 0 aromatic heterocycles. The van der Waals surface area contributed by atoms with E-state index in [1.807, 2.05) is 0 Å². The van der Waals surface area contributed by atoms with Crippen molar-refractivity contribution in [3.05, 3.63) is 0 Å². The molecule has 0 aliphatic rings. The van der Waals surface area contributed by atoms with Crippen LogP contribution < -0.4 is 0 Å². The first-order valence-electron chi connectivity index (χ1n) is 1.22. The van der Waals surface area contributed by atoms with Crippen LogP contribution in [0.25, 0.3) is 0 Å². The average molecular weight is 93.2 g/mol. The summed E-state index contributed by atoms with van der Waals surface area (Å²) in [4.78, 5) is 0. The van der Waals surface area contributed by atoms with Gasteiger partial charge >= 0.3 is 0 Å². The molecule has 3 heteroatoms. The molecule has 1 N–H and O–H groups in total. The normalized spacial score (nSPS) is 15.8. The molecule has 0 radical (unpaired) electrons. The molecular formula is C2H7NOS. The van der Waals surface area contributed by atoms with E-state index in [1.54, 1.807) is 13.3 Å². The molecule has 0 aromatic rings. The predicted octanol–water partition coefficient (Wildman–Crippen LogP) is 0.521. The van der Waals surface area contributed by atoms with Crippen molar-refractivity contribution in [3.63, 3.8) is 0 Å². The third-order valence-electron chi connectivity index (χ3n) is 0.264. The summed E-state index contributed by atoms with van der Waals surface area (Å²) in [5, 5.41) is 0. The minimum absolute atomic E-state index is 0.698. The lowest BCUT2D eigenvalue weighted by molar-refractivity contribution is 0.653. The van der Waals surface area contributed by atoms with Gasteiger partial charge in [0.2, 0.25) is 0 Å². The third kappa shape index (κ3) is 4.11. The van der Waals surface area contributed by atoms with Gasteiger partial charge in [-0.2, -0.15) is 0 Å². The molecule has 0 aliphatic carbocycles. The molecular weight excluding hydrogens is 86.1 g/mol. The van der Waals surface area contributed by atoms with Gasteiger partial charge in [0, 0.05) is 24.3 Å². The van der Waals surface area contributed by atoms with Gasteiger partial charge in [-0.05, 0) is 0 Å². The SMILES string of the molecule is C/N=S(/C)O. The topological polar surface area (TPSA) is 32.6 Å². The Morgan fingerprint density at radius 3 is 2.00 bits per heavy atom. The predicted molar refractivity (Wildman–Crippen MR) is 24.3 cm³/mol. The van der Waals surface area contributed by atoms with Crippen LogP contribution in [0.5, 0.6) is 0 Å². The summed E-state index contributed by atoms with van der Waals surface area (Å²) in [5.41, 5.74) is 0. The lowest BCUT2D eigenvalue weighted by atomic mass is 11.6. The summed E-state index contributed by atoms with van der Waals surface area (Å²) in [7, 11) is 0.889. The van der Waals surface area contributed by atoms with Crippen molar-refractivity contribution in [1.82, 2.24) is 0 Å². The van der Waals surface area contributed by atoms with Crippen LogP contribution in [0.15, 0.2) is 4.36 Å². The molecule has 0 fully saturated rings.